The largest absolute Gasteiger partial charge is 0.340 e. The standard InChI is InChI=1S/C17H26N4O3/c1-18-14(11-15(22)19(2)17(18)24)12-20-7-9-21(10-8-20)16(23)13-5-3-4-6-13/h11,13H,3-10,12H2,1-2H3. The van der Waals surface area contributed by atoms with Crippen molar-refractivity contribution in [2.75, 3.05) is 26.2 Å². The zero-order valence-electron chi connectivity index (χ0n) is 14.5. The molecule has 1 aliphatic heterocycles. The summed E-state index contributed by atoms with van der Waals surface area (Å²) in [5, 5.41) is 0. The Morgan fingerprint density at radius 3 is 2.29 bits per heavy atom. The fourth-order valence-corrected chi connectivity index (χ4v) is 3.72. The first-order valence-corrected chi connectivity index (χ1v) is 8.74. The fraction of sp³-hybridized carbons (Fsp3) is 0.706. The van der Waals surface area contributed by atoms with Gasteiger partial charge in [-0.25, -0.2) is 4.79 Å². The Morgan fingerprint density at radius 1 is 1.04 bits per heavy atom. The Labute approximate surface area is 141 Å². The number of aromatic nitrogens is 2. The van der Waals surface area contributed by atoms with E-state index in [0.717, 1.165) is 49.3 Å². The van der Waals surface area contributed by atoms with Crippen molar-refractivity contribution in [3.8, 4) is 0 Å². The highest BCUT2D eigenvalue weighted by molar-refractivity contribution is 5.79. The molecule has 3 rings (SSSR count). The topological polar surface area (TPSA) is 67.5 Å². The van der Waals surface area contributed by atoms with Gasteiger partial charge in [-0.15, -0.1) is 0 Å². The zero-order chi connectivity index (χ0) is 17.3. The van der Waals surface area contributed by atoms with Gasteiger partial charge in [-0.3, -0.25) is 23.6 Å². The summed E-state index contributed by atoms with van der Waals surface area (Å²) in [6.07, 6.45) is 4.42. The van der Waals surface area contributed by atoms with Crippen LogP contribution in [0.4, 0.5) is 0 Å². The predicted octanol–water partition coefficient (Wildman–Crippen LogP) is -0.0816. The summed E-state index contributed by atoms with van der Waals surface area (Å²) in [5.41, 5.74) is 0.148. The fourth-order valence-electron chi connectivity index (χ4n) is 3.72. The van der Waals surface area contributed by atoms with E-state index in [9.17, 15) is 14.4 Å². The van der Waals surface area contributed by atoms with E-state index in [2.05, 4.69) is 4.90 Å². The molecule has 1 saturated carbocycles. The number of piperazine rings is 1. The lowest BCUT2D eigenvalue weighted by Crippen LogP contribution is -2.50. The van der Waals surface area contributed by atoms with Gasteiger partial charge in [0.25, 0.3) is 5.56 Å². The van der Waals surface area contributed by atoms with E-state index in [0.29, 0.717) is 12.5 Å². The highest BCUT2D eigenvalue weighted by atomic mass is 16.2. The van der Waals surface area contributed by atoms with Gasteiger partial charge in [0, 0.05) is 64.5 Å². The zero-order valence-corrected chi connectivity index (χ0v) is 14.5. The second kappa shape index (κ2) is 6.93. The molecule has 7 heteroatoms. The first-order valence-electron chi connectivity index (χ1n) is 8.74. The molecule has 2 heterocycles. The normalized spacial score (nSPS) is 19.8. The number of carbonyl (C=O) groups excluding carboxylic acids is 1. The SMILES string of the molecule is Cn1c(CN2CCN(C(=O)C3CCCC3)CC2)cc(=O)n(C)c1=O. The number of hydrogen-bond acceptors (Lipinski definition) is 4. The van der Waals surface area contributed by atoms with Crippen LogP contribution < -0.4 is 11.2 Å². The monoisotopic (exact) mass is 334 g/mol. The van der Waals surface area contributed by atoms with Gasteiger partial charge in [0.15, 0.2) is 0 Å². The van der Waals surface area contributed by atoms with Crippen molar-refractivity contribution in [2.45, 2.75) is 32.2 Å². The highest BCUT2D eigenvalue weighted by Crippen LogP contribution is 2.27. The molecule has 0 spiro atoms. The minimum Gasteiger partial charge on any atom is -0.340 e. The summed E-state index contributed by atoms with van der Waals surface area (Å²) in [5.74, 6) is 0.544. The lowest BCUT2D eigenvalue weighted by Gasteiger charge is -2.36. The Kier molecular flexibility index (Phi) is 4.89. The van der Waals surface area contributed by atoms with E-state index in [4.69, 9.17) is 0 Å². The Hall–Kier alpha value is -1.89. The van der Waals surface area contributed by atoms with E-state index >= 15 is 0 Å². The third-order valence-corrected chi connectivity index (χ3v) is 5.40. The van der Waals surface area contributed by atoms with E-state index in [1.165, 1.54) is 30.5 Å². The van der Waals surface area contributed by atoms with Crippen LogP contribution >= 0.6 is 0 Å². The molecule has 1 saturated heterocycles. The number of carbonyl (C=O) groups is 1. The smallest absolute Gasteiger partial charge is 0.330 e. The van der Waals surface area contributed by atoms with Crippen LogP contribution in [-0.4, -0.2) is 51.0 Å². The van der Waals surface area contributed by atoms with Crippen LogP contribution in [0.25, 0.3) is 0 Å². The molecule has 0 bridgehead atoms. The summed E-state index contributed by atoms with van der Waals surface area (Å²) in [7, 11) is 3.18. The third kappa shape index (κ3) is 3.31. The second-order valence-corrected chi connectivity index (χ2v) is 6.96. The molecule has 0 N–H and O–H groups in total. The summed E-state index contributed by atoms with van der Waals surface area (Å²) < 4.78 is 2.64. The molecular weight excluding hydrogens is 308 g/mol. The maximum absolute atomic E-state index is 12.5. The Bertz CT molecular complexity index is 722. The number of amides is 1. The number of hydrogen-bond donors (Lipinski definition) is 0. The van der Waals surface area contributed by atoms with Crippen LogP contribution in [0.15, 0.2) is 15.7 Å². The van der Waals surface area contributed by atoms with Crippen LogP contribution in [0, 0.1) is 5.92 Å². The van der Waals surface area contributed by atoms with Gasteiger partial charge in [0.1, 0.15) is 0 Å². The van der Waals surface area contributed by atoms with Crippen molar-refractivity contribution in [1.29, 1.82) is 0 Å². The van der Waals surface area contributed by atoms with Crippen molar-refractivity contribution in [3.05, 3.63) is 32.6 Å². The van der Waals surface area contributed by atoms with Crippen molar-refractivity contribution in [3.63, 3.8) is 0 Å². The van der Waals surface area contributed by atoms with Crippen molar-refractivity contribution in [1.82, 2.24) is 18.9 Å². The first kappa shape index (κ1) is 17.0. The van der Waals surface area contributed by atoms with E-state index in [1.807, 2.05) is 4.90 Å². The summed E-state index contributed by atoms with van der Waals surface area (Å²) in [6.45, 7) is 3.58. The molecule has 1 aromatic rings. The summed E-state index contributed by atoms with van der Waals surface area (Å²) in [6, 6.07) is 1.53. The van der Waals surface area contributed by atoms with Gasteiger partial charge in [0.2, 0.25) is 5.91 Å². The number of nitrogens with zero attached hydrogens (tertiary/aromatic N) is 4. The average molecular weight is 334 g/mol. The van der Waals surface area contributed by atoms with Crippen LogP contribution in [0.1, 0.15) is 31.4 Å². The van der Waals surface area contributed by atoms with Crippen molar-refractivity contribution < 1.29 is 4.79 Å². The van der Waals surface area contributed by atoms with Crippen LogP contribution in [-0.2, 0) is 25.4 Å². The summed E-state index contributed by atoms with van der Waals surface area (Å²) in [4.78, 5) is 40.5. The second-order valence-electron chi connectivity index (χ2n) is 6.96. The average Bonchev–Trinajstić information content (AvgIpc) is 3.12. The van der Waals surface area contributed by atoms with E-state index in [1.54, 1.807) is 7.05 Å². The Morgan fingerprint density at radius 2 is 1.67 bits per heavy atom. The van der Waals surface area contributed by atoms with Crippen LogP contribution in [0.2, 0.25) is 0 Å². The van der Waals surface area contributed by atoms with Gasteiger partial charge < -0.3 is 4.90 Å². The molecule has 132 valence electrons. The van der Waals surface area contributed by atoms with Gasteiger partial charge >= 0.3 is 5.69 Å². The molecule has 0 unspecified atom stereocenters. The van der Waals surface area contributed by atoms with Crippen molar-refractivity contribution >= 4 is 5.91 Å². The highest BCUT2D eigenvalue weighted by Gasteiger charge is 2.29. The molecule has 7 nitrogen and oxygen atoms in total. The van der Waals surface area contributed by atoms with E-state index in [-0.39, 0.29) is 17.2 Å². The third-order valence-electron chi connectivity index (χ3n) is 5.40. The molecule has 24 heavy (non-hydrogen) atoms. The van der Waals surface area contributed by atoms with E-state index < -0.39 is 0 Å². The van der Waals surface area contributed by atoms with Crippen LogP contribution in [0.3, 0.4) is 0 Å². The first-order chi connectivity index (χ1) is 11.5. The molecule has 1 aliphatic carbocycles. The van der Waals surface area contributed by atoms with Gasteiger partial charge in [-0.05, 0) is 12.8 Å². The predicted molar refractivity (Wildman–Crippen MR) is 90.7 cm³/mol. The molecule has 0 aromatic carbocycles. The molecule has 1 aromatic heterocycles. The summed E-state index contributed by atoms with van der Waals surface area (Å²) >= 11 is 0. The quantitative estimate of drug-likeness (QED) is 0.775. The number of rotatable bonds is 3. The van der Waals surface area contributed by atoms with Gasteiger partial charge in [-0.2, -0.15) is 0 Å². The molecule has 0 atom stereocenters. The minimum absolute atomic E-state index is 0.231. The maximum Gasteiger partial charge on any atom is 0.330 e. The maximum atomic E-state index is 12.5. The van der Waals surface area contributed by atoms with Gasteiger partial charge in [0.05, 0.1) is 0 Å². The Balaban J connectivity index is 1.61. The lowest BCUT2D eigenvalue weighted by atomic mass is 10.1. The lowest BCUT2D eigenvalue weighted by molar-refractivity contribution is -0.137. The molecule has 2 aliphatic rings. The minimum atomic E-state index is -0.299. The molecule has 1 amide bonds. The molecular formula is C17H26N4O3. The van der Waals surface area contributed by atoms with Gasteiger partial charge in [-0.1, -0.05) is 12.8 Å². The molecule has 0 radical (unpaired) electrons. The van der Waals surface area contributed by atoms with Crippen molar-refractivity contribution in [2.24, 2.45) is 20.0 Å². The van der Waals surface area contributed by atoms with Crippen LogP contribution in [0.5, 0.6) is 0 Å². The molecule has 2 fully saturated rings.